The Labute approximate surface area is 136 Å². The van der Waals surface area contributed by atoms with Gasteiger partial charge in [0.15, 0.2) is 0 Å². The van der Waals surface area contributed by atoms with E-state index in [1.165, 1.54) is 11.8 Å². The summed E-state index contributed by atoms with van der Waals surface area (Å²) in [6.07, 6.45) is 0. The molecule has 0 aliphatic rings. The molecule has 0 bridgehead atoms. The summed E-state index contributed by atoms with van der Waals surface area (Å²) in [4.78, 5) is 0.929. The Balaban J connectivity index is 1.66. The molecule has 0 spiro atoms. The van der Waals surface area contributed by atoms with Gasteiger partial charge in [0, 0.05) is 6.54 Å². The maximum Gasteiger partial charge on any atom is 0.257 e. The average Bonchev–Trinajstić information content (AvgIpc) is 3.17. The summed E-state index contributed by atoms with van der Waals surface area (Å²) >= 11 is 6.38. The smallest absolute Gasteiger partial charge is 0.257 e. The zero-order valence-electron chi connectivity index (χ0n) is 10.6. The second-order valence-electron chi connectivity index (χ2n) is 3.87. The van der Waals surface area contributed by atoms with E-state index in [4.69, 9.17) is 10.2 Å². The molecule has 0 saturated carbocycles. The van der Waals surface area contributed by atoms with Crippen LogP contribution in [-0.2, 0) is 12.3 Å². The lowest BCUT2D eigenvalue weighted by molar-refractivity contribution is 0.528. The number of hydrogen-bond acceptors (Lipinski definition) is 9. The van der Waals surface area contributed by atoms with Gasteiger partial charge in [-0.05, 0) is 38.5 Å². The SMILES string of the molecule is NCCn1nnnc1SCc1nnc(-c2ccc(Br)s2)o1. The fraction of sp³-hybridized carbons (Fsp3) is 0.300. The van der Waals surface area contributed by atoms with Crippen LogP contribution in [-0.4, -0.2) is 36.9 Å². The molecule has 0 unspecified atom stereocenters. The highest BCUT2D eigenvalue weighted by Crippen LogP contribution is 2.31. The predicted molar refractivity (Wildman–Crippen MR) is 81.7 cm³/mol. The molecule has 3 aromatic rings. The largest absolute Gasteiger partial charge is 0.419 e. The van der Waals surface area contributed by atoms with Crippen molar-refractivity contribution in [1.29, 1.82) is 0 Å². The number of rotatable bonds is 6. The van der Waals surface area contributed by atoms with Crippen molar-refractivity contribution < 1.29 is 4.42 Å². The second-order valence-corrected chi connectivity index (χ2v) is 7.27. The third-order valence-electron chi connectivity index (χ3n) is 2.42. The van der Waals surface area contributed by atoms with Crippen LogP contribution in [0.2, 0.25) is 0 Å². The van der Waals surface area contributed by atoms with E-state index in [0.29, 0.717) is 35.8 Å². The summed E-state index contributed by atoms with van der Waals surface area (Å²) in [5, 5.41) is 20.2. The van der Waals surface area contributed by atoms with Crippen molar-refractivity contribution in [3.8, 4) is 10.8 Å². The molecule has 0 aliphatic heterocycles. The van der Waals surface area contributed by atoms with Crippen LogP contribution in [0, 0.1) is 0 Å². The fourth-order valence-corrected chi connectivity index (χ4v) is 3.58. The monoisotopic (exact) mass is 387 g/mol. The van der Waals surface area contributed by atoms with E-state index in [-0.39, 0.29) is 0 Å². The first-order chi connectivity index (χ1) is 10.3. The molecule has 0 aliphatic carbocycles. The van der Waals surface area contributed by atoms with Crippen LogP contribution in [0.4, 0.5) is 0 Å². The van der Waals surface area contributed by atoms with Crippen molar-refractivity contribution in [3.63, 3.8) is 0 Å². The molecule has 0 fully saturated rings. The second kappa shape index (κ2) is 6.64. The van der Waals surface area contributed by atoms with Crippen molar-refractivity contribution in [3.05, 3.63) is 21.8 Å². The molecular weight excluding hydrogens is 378 g/mol. The first kappa shape index (κ1) is 14.6. The van der Waals surface area contributed by atoms with Gasteiger partial charge in [-0.25, -0.2) is 4.68 Å². The Morgan fingerprint density at radius 3 is 3.00 bits per heavy atom. The number of nitrogens with two attached hydrogens (primary N) is 1. The maximum atomic E-state index is 5.63. The van der Waals surface area contributed by atoms with Gasteiger partial charge in [-0.1, -0.05) is 11.8 Å². The number of thiophene rings is 1. The predicted octanol–water partition coefficient (Wildman–Crippen LogP) is 1.80. The zero-order chi connectivity index (χ0) is 14.7. The van der Waals surface area contributed by atoms with Gasteiger partial charge >= 0.3 is 0 Å². The van der Waals surface area contributed by atoms with Gasteiger partial charge in [0.05, 0.1) is 21.0 Å². The van der Waals surface area contributed by atoms with E-state index in [1.807, 2.05) is 12.1 Å². The quantitative estimate of drug-likeness (QED) is 0.637. The first-order valence-corrected chi connectivity index (χ1v) is 8.53. The van der Waals surface area contributed by atoms with E-state index in [1.54, 1.807) is 16.0 Å². The molecule has 0 radical (unpaired) electrons. The van der Waals surface area contributed by atoms with Gasteiger partial charge < -0.3 is 10.2 Å². The number of halogens is 1. The molecule has 0 aromatic carbocycles. The Kier molecular flexibility index (Phi) is 4.63. The van der Waals surface area contributed by atoms with Crippen LogP contribution >= 0.6 is 39.0 Å². The van der Waals surface area contributed by atoms with E-state index in [9.17, 15) is 0 Å². The minimum Gasteiger partial charge on any atom is -0.419 e. The van der Waals surface area contributed by atoms with Gasteiger partial charge in [0.2, 0.25) is 11.0 Å². The number of nitrogens with zero attached hydrogens (tertiary/aromatic N) is 6. The topological polar surface area (TPSA) is 109 Å². The van der Waals surface area contributed by atoms with Crippen molar-refractivity contribution in [2.75, 3.05) is 6.54 Å². The van der Waals surface area contributed by atoms with Gasteiger partial charge in [0.1, 0.15) is 0 Å². The molecule has 3 rings (SSSR count). The first-order valence-electron chi connectivity index (χ1n) is 5.93. The molecule has 110 valence electrons. The van der Waals surface area contributed by atoms with Crippen LogP contribution in [0.1, 0.15) is 5.89 Å². The van der Waals surface area contributed by atoms with E-state index in [0.717, 1.165) is 8.66 Å². The lowest BCUT2D eigenvalue weighted by Crippen LogP contribution is -2.12. The molecule has 2 N–H and O–H groups in total. The van der Waals surface area contributed by atoms with Gasteiger partial charge in [-0.2, -0.15) is 0 Å². The Morgan fingerprint density at radius 1 is 1.33 bits per heavy atom. The lowest BCUT2D eigenvalue weighted by atomic mass is 10.5. The average molecular weight is 388 g/mol. The van der Waals surface area contributed by atoms with E-state index >= 15 is 0 Å². The molecule has 3 aromatic heterocycles. The summed E-state index contributed by atoms with van der Waals surface area (Å²) in [5.41, 5.74) is 5.50. The van der Waals surface area contributed by atoms with Crippen molar-refractivity contribution in [2.45, 2.75) is 17.5 Å². The van der Waals surface area contributed by atoms with E-state index in [2.05, 4.69) is 41.7 Å². The molecule has 8 nitrogen and oxygen atoms in total. The van der Waals surface area contributed by atoms with Crippen LogP contribution in [0.15, 0.2) is 25.5 Å². The Hall–Kier alpha value is -1.30. The molecule has 0 saturated heterocycles. The molecule has 3 heterocycles. The van der Waals surface area contributed by atoms with Crippen molar-refractivity contribution in [1.82, 2.24) is 30.4 Å². The summed E-state index contributed by atoms with van der Waals surface area (Å²) in [6, 6.07) is 3.88. The highest BCUT2D eigenvalue weighted by atomic mass is 79.9. The molecule has 11 heteroatoms. The van der Waals surface area contributed by atoms with E-state index < -0.39 is 0 Å². The molecule has 21 heavy (non-hydrogen) atoms. The Morgan fingerprint density at radius 2 is 2.24 bits per heavy atom. The fourth-order valence-electron chi connectivity index (χ4n) is 1.53. The van der Waals surface area contributed by atoms with Crippen molar-refractivity contribution in [2.24, 2.45) is 5.73 Å². The third kappa shape index (κ3) is 3.48. The van der Waals surface area contributed by atoms with Gasteiger partial charge in [-0.3, -0.25) is 0 Å². The molecular formula is C10H10BrN7OS2. The minimum absolute atomic E-state index is 0.483. The van der Waals surface area contributed by atoms with Crippen LogP contribution < -0.4 is 5.73 Å². The Bertz CT molecular complexity index is 724. The van der Waals surface area contributed by atoms with Gasteiger partial charge in [-0.15, -0.1) is 26.6 Å². The highest BCUT2D eigenvalue weighted by molar-refractivity contribution is 9.11. The summed E-state index contributed by atoms with van der Waals surface area (Å²) in [6.45, 7) is 1.06. The number of thioether (sulfide) groups is 1. The summed E-state index contributed by atoms with van der Waals surface area (Å²) in [7, 11) is 0. The molecule has 0 amide bonds. The van der Waals surface area contributed by atoms with Gasteiger partial charge in [0.25, 0.3) is 5.89 Å². The minimum atomic E-state index is 0.483. The van der Waals surface area contributed by atoms with Crippen LogP contribution in [0.5, 0.6) is 0 Å². The molecule has 0 atom stereocenters. The van der Waals surface area contributed by atoms with Crippen LogP contribution in [0.25, 0.3) is 10.8 Å². The maximum absolute atomic E-state index is 5.63. The standard InChI is InChI=1S/C10H10BrN7OS2/c11-7-2-1-6(21-7)9-14-13-8(19-9)5-20-10-15-16-17-18(10)4-3-12/h1-2H,3-5,12H2. The third-order valence-corrected chi connectivity index (χ3v) is 4.97. The number of tetrazole rings is 1. The lowest BCUT2D eigenvalue weighted by Gasteiger charge is -1.99. The number of aromatic nitrogens is 6. The zero-order valence-corrected chi connectivity index (χ0v) is 13.9. The normalized spacial score (nSPS) is 11.1. The van der Waals surface area contributed by atoms with Crippen LogP contribution in [0.3, 0.4) is 0 Å². The van der Waals surface area contributed by atoms with Crippen molar-refractivity contribution >= 4 is 39.0 Å². The number of hydrogen-bond donors (Lipinski definition) is 1. The summed E-state index contributed by atoms with van der Waals surface area (Å²) in [5.74, 6) is 1.55. The highest BCUT2D eigenvalue weighted by Gasteiger charge is 2.13. The summed E-state index contributed by atoms with van der Waals surface area (Å²) < 4.78 is 8.30.